The summed E-state index contributed by atoms with van der Waals surface area (Å²) >= 11 is 0. The Morgan fingerprint density at radius 3 is 2.80 bits per heavy atom. The summed E-state index contributed by atoms with van der Waals surface area (Å²) in [5.41, 5.74) is -0.435. The fourth-order valence-corrected chi connectivity index (χ4v) is 3.23. The van der Waals surface area contributed by atoms with Crippen LogP contribution in [0, 0.1) is 12.7 Å². The number of hydrogen-bond acceptors (Lipinski definition) is 6. The SMILES string of the molecule is COCCC1(c2noc(C)n2)CCN(C(=O)c2ncccc2F)CC1. The Balaban J connectivity index is 1.75. The molecule has 0 aromatic carbocycles. The van der Waals surface area contributed by atoms with Crippen LogP contribution >= 0.6 is 0 Å². The normalized spacial score (nSPS) is 16.8. The Kier molecular flexibility index (Phi) is 5.08. The van der Waals surface area contributed by atoms with E-state index in [1.54, 1.807) is 18.9 Å². The van der Waals surface area contributed by atoms with Gasteiger partial charge in [0, 0.05) is 45.3 Å². The number of aromatic nitrogens is 3. The van der Waals surface area contributed by atoms with E-state index in [9.17, 15) is 9.18 Å². The van der Waals surface area contributed by atoms with Gasteiger partial charge in [0.05, 0.1) is 0 Å². The van der Waals surface area contributed by atoms with Gasteiger partial charge < -0.3 is 14.2 Å². The van der Waals surface area contributed by atoms with Crippen LogP contribution in [0.5, 0.6) is 0 Å². The molecule has 2 aromatic rings. The van der Waals surface area contributed by atoms with E-state index < -0.39 is 5.82 Å². The molecular weight excluding hydrogens is 327 g/mol. The molecule has 1 amide bonds. The molecule has 3 rings (SSSR count). The van der Waals surface area contributed by atoms with Crippen molar-refractivity contribution in [2.24, 2.45) is 0 Å². The van der Waals surface area contributed by atoms with Crippen molar-refractivity contribution in [1.82, 2.24) is 20.0 Å². The maximum Gasteiger partial charge on any atom is 0.275 e. The van der Waals surface area contributed by atoms with Gasteiger partial charge in [0.1, 0.15) is 0 Å². The number of rotatable bonds is 5. The monoisotopic (exact) mass is 348 g/mol. The number of carbonyl (C=O) groups excluding carboxylic acids is 1. The van der Waals surface area contributed by atoms with Gasteiger partial charge in [0.25, 0.3) is 5.91 Å². The van der Waals surface area contributed by atoms with Gasteiger partial charge in [-0.25, -0.2) is 9.37 Å². The smallest absolute Gasteiger partial charge is 0.275 e. The number of carbonyl (C=O) groups is 1. The van der Waals surface area contributed by atoms with Crippen molar-refractivity contribution in [2.45, 2.75) is 31.6 Å². The van der Waals surface area contributed by atoms with E-state index in [1.807, 2.05) is 0 Å². The highest BCUT2D eigenvalue weighted by Crippen LogP contribution is 2.37. The van der Waals surface area contributed by atoms with Gasteiger partial charge >= 0.3 is 0 Å². The van der Waals surface area contributed by atoms with Gasteiger partial charge in [-0.3, -0.25) is 4.79 Å². The van der Waals surface area contributed by atoms with Crippen LogP contribution in [-0.2, 0) is 10.2 Å². The van der Waals surface area contributed by atoms with E-state index in [1.165, 1.54) is 18.3 Å². The first-order valence-electron chi connectivity index (χ1n) is 8.25. The second-order valence-electron chi connectivity index (χ2n) is 6.29. The first kappa shape index (κ1) is 17.5. The molecule has 0 atom stereocenters. The largest absolute Gasteiger partial charge is 0.385 e. The van der Waals surface area contributed by atoms with Crippen molar-refractivity contribution >= 4 is 5.91 Å². The lowest BCUT2D eigenvalue weighted by Gasteiger charge is -2.39. The van der Waals surface area contributed by atoms with Crippen LogP contribution in [0.4, 0.5) is 4.39 Å². The van der Waals surface area contributed by atoms with E-state index in [0.717, 1.165) is 6.42 Å². The number of hydrogen-bond donors (Lipinski definition) is 0. The van der Waals surface area contributed by atoms with Crippen LogP contribution in [0.2, 0.25) is 0 Å². The van der Waals surface area contributed by atoms with E-state index >= 15 is 0 Å². The van der Waals surface area contributed by atoms with Crippen molar-refractivity contribution in [3.8, 4) is 0 Å². The second-order valence-corrected chi connectivity index (χ2v) is 6.29. The number of halogens is 1. The van der Waals surface area contributed by atoms with Gasteiger partial charge in [-0.05, 0) is 31.4 Å². The van der Waals surface area contributed by atoms with Crippen LogP contribution in [0.15, 0.2) is 22.9 Å². The molecule has 25 heavy (non-hydrogen) atoms. The standard InChI is InChI=1S/C17H21FN4O3/c1-12-20-16(21-25-12)17(7-11-24-2)5-9-22(10-6-17)15(23)14-13(18)4-3-8-19-14/h3-4,8H,5-7,9-11H2,1-2H3. The minimum Gasteiger partial charge on any atom is -0.385 e. The molecule has 1 fully saturated rings. The molecule has 0 aliphatic carbocycles. The van der Waals surface area contributed by atoms with Gasteiger partial charge in [0.2, 0.25) is 5.89 Å². The zero-order valence-corrected chi connectivity index (χ0v) is 14.4. The van der Waals surface area contributed by atoms with Crippen LogP contribution in [0.3, 0.4) is 0 Å². The molecule has 0 saturated carbocycles. The highest BCUT2D eigenvalue weighted by molar-refractivity contribution is 5.92. The molecular formula is C17H21FN4O3. The molecule has 7 nitrogen and oxygen atoms in total. The molecule has 0 unspecified atom stereocenters. The Morgan fingerprint density at radius 2 is 2.20 bits per heavy atom. The molecule has 1 saturated heterocycles. The number of likely N-dealkylation sites (tertiary alicyclic amines) is 1. The molecule has 0 N–H and O–H groups in total. The summed E-state index contributed by atoms with van der Waals surface area (Å²) in [4.78, 5) is 22.4. The van der Waals surface area contributed by atoms with Crippen molar-refractivity contribution < 1.29 is 18.4 Å². The number of aryl methyl sites for hydroxylation is 1. The number of pyridine rings is 1. The van der Waals surface area contributed by atoms with E-state index in [4.69, 9.17) is 9.26 Å². The third kappa shape index (κ3) is 3.53. The zero-order valence-electron chi connectivity index (χ0n) is 14.4. The Bertz CT molecular complexity index is 741. The summed E-state index contributed by atoms with van der Waals surface area (Å²) < 4.78 is 24.2. The number of piperidine rings is 1. The summed E-state index contributed by atoms with van der Waals surface area (Å²) in [5.74, 6) is 0.180. The fraction of sp³-hybridized carbons (Fsp3) is 0.529. The lowest BCUT2D eigenvalue weighted by atomic mass is 9.75. The number of nitrogens with zero attached hydrogens (tertiary/aromatic N) is 4. The topological polar surface area (TPSA) is 81.4 Å². The third-order valence-corrected chi connectivity index (χ3v) is 4.76. The summed E-state index contributed by atoms with van der Waals surface area (Å²) in [5, 5.41) is 4.09. The lowest BCUT2D eigenvalue weighted by Crippen LogP contribution is -2.46. The summed E-state index contributed by atoms with van der Waals surface area (Å²) in [7, 11) is 1.65. The minimum atomic E-state index is -0.600. The van der Waals surface area contributed by atoms with Crippen LogP contribution in [0.1, 0.15) is 41.5 Å². The molecule has 0 spiro atoms. The summed E-state index contributed by atoms with van der Waals surface area (Å²) in [6, 6.07) is 2.71. The van der Waals surface area contributed by atoms with E-state index in [0.29, 0.717) is 44.3 Å². The van der Waals surface area contributed by atoms with Crippen LogP contribution in [0.25, 0.3) is 0 Å². The highest BCUT2D eigenvalue weighted by Gasteiger charge is 2.41. The van der Waals surface area contributed by atoms with Crippen molar-refractivity contribution in [3.05, 3.63) is 41.6 Å². The molecule has 1 aliphatic heterocycles. The molecule has 1 aliphatic rings. The van der Waals surface area contributed by atoms with Crippen molar-refractivity contribution in [3.63, 3.8) is 0 Å². The maximum atomic E-state index is 13.8. The lowest BCUT2D eigenvalue weighted by molar-refractivity contribution is 0.0606. The fourth-order valence-electron chi connectivity index (χ4n) is 3.23. The number of ether oxygens (including phenoxy) is 1. The Morgan fingerprint density at radius 1 is 1.44 bits per heavy atom. The molecule has 0 bridgehead atoms. The first-order chi connectivity index (χ1) is 12.1. The van der Waals surface area contributed by atoms with Gasteiger partial charge in [-0.15, -0.1) is 0 Å². The van der Waals surface area contributed by atoms with E-state index in [2.05, 4.69) is 15.1 Å². The molecule has 2 aromatic heterocycles. The summed E-state index contributed by atoms with van der Waals surface area (Å²) in [6.45, 7) is 3.28. The van der Waals surface area contributed by atoms with E-state index in [-0.39, 0.29) is 17.0 Å². The maximum absolute atomic E-state index is 13.8. The number of amides is 1. The first-order valence-corrected chi connectivity index (χ1v) is 8.25. The Hall–Kier alpha value is -2.35. The summed E-state index contributed by atoms with van der Waals surface area (Å²) in [6.07, 6.45) is 3.48. The highest BCUT2D eigenvalue weighted by atomic mass is 19.1. The predicted octanol–water partition coefficient (Wildman–Crippen LogP) is 2.12. The van der Waals surface area contributed by atoms with Gasteiger partial charge in [-0.1, -0.05) is 5.16 Å². The zero-order chi connectivity index (χ0) is 17.9. The molecule has 8 heteroatoms. The van der Waals surface area contributed by atoms with Crippen LogP contribution in [-0.4, -0.2) is 52.7 Å². The number of methoxy groups -OCH3 is 1. The predicted molar refractivity (Wildman–Crippen MR) is 86.5 cm³/mol. The third-order valence-electron chi connectivity index (χ3n) is 4.76. The quantitative estimate of drug-likeness (QED) is 0.823. The minimum absolute atomic E-state index is 0.137. The average molecular weight is 348 g/mol. The second kappa shape index (κ2) is 7.26. The van der Waals surface area contributed by atoms with Crippen molar-refractivity contribution in [2.75, 3.05) is 26.8 Å². The molecule has 134 valence electrons. The van der Waals surface area contributed by atoms with Crippen molar-refractivity contribution in [1.29, 1.82) is 0 Å². The Labute approximate surface area is 145 Å². The van der Waals surface area contributed by atoms with Crippen LogP contribution < -0.4 is 0 Å². The van der Waals surface area contributed by atoms with Gasteiger partial charge in [0.15, 0.2) is 17.3 Å². The molecule has 3 heterocycles. The van der Waals surface area contributed by atoms with Gasteiger partial charge in [-0.2, -0.15) is 4.98 Å². The molecule has 0 radical (unpaired) electrons. The average Bonchev–Trinajstić information content (AvgIpc) is 3.07.